The van der Waals surface area contributed by atoms with E-state index in [0.717, 1.165) is 44.4 Å². The van der Waals surface area contributed by atoms with Gasteiger partial charge < -0.3 is 9.73 Å². The molecule has 1 aliphatic rings. The van der Waals surface area contributed by atoms with Crippen molar-refractivity contribution < 1.29 is 4.42 Å². The summed E-state index contributed by atoms with van der Waals surface area (Å²) in [6.45, 7) is 9.42. The van der Waals surface area contributed by atoms with E-state index in [4.69, 9.17) is 4.42 Å². The molecule has 1 fully saturated rings. The van der Waals surface area contributed by atoms with Crippen LogP contribution in [-0.4, -0.2) is 36.1 Å². The van der Waals surface area contributed by atoms with E-state index in [-0.39, 0.29) is 0 Å². The highest BCUT2D eigenvalue weighted by Gasteiger charge is 2.13. The number of aromatic nitrogens is 1. The van der Waals surface area contributed by atoms with Gasteiger partial charge in [0.15, 0.2) is 5.89 Å². The molecule has 4 heteroatoms. The Labute approximate surface area is 90.7 Å². The Morgan fingerprint density at radius 1 is 1.47 bits per heavy atom. The van der Waals surface area contributed by atoms with Gasteiger partial charge in [-0.05, 0) is 0 Å². The zero-order valence-corrected chi connectivity index (χ0v) is 9.49. The molecule has 0 atom stereocenters. The van der Waals surface area contributed by atoms with E-state index in [1.807, 2.05) is 6.20 Å². The molecule has 0 aliphatic carbocycles. The fourth-order valence-electron chi connectivity index (χ4n) is 1.75. The van der Waals surface area contributed by atoms with Crippen LogP contribution < -0.4 is 5.32 Å². The molecule has 0 unspecified atom stereocenters. The van der Waals surface area contributed by atoms with Crippen LogP contribution in [0.1, 0.15) is 31.4 Å². The lowest BCUT2D eigenvalue weighted by molar-refractivity contribution is 0.214. The molecule has 0 aromatic carbocycles. The van der Waals surface area contributed by atoms with Crippen molar-refractivity contribution in [3.8, 4) is 0 Å². The van der Waals surface area contributed by atoms with Gasteiger partial charge in [-0.2, -0.15) is 0 Å². The summed E-state index contributed by atoms with van der Waals surface area (Å²) in [6, 6.07) is 0. The maximum atomic E-state index is 5.67. The first-order valence-corrected chi connectivity index (χ1v) is 5.63. The molecule has 15 heavy (non-hydrogen) atoms. The molecule has 1 aromatic rings. The first kappa shape index (κ1) is 10.6. The topological polar surface area (TPSA) is 41.3 Å². The molecule has 4 nitrogen and oxygen atoms in total. The SMILES string of the molecule is CC(C)c1ncc(CN2CCNCC2)o1. The highest BCUT2D eigenvalue weighted by atomic mass is 16.4. The largest absolute Gasteiger partial charge is 0.444 e. The lowest BCUT2D eigenvalue weighted by atomic mass is 10.2. The van der Waals surface area contributed by atoms with E-state index >= 15 is 0 Å². The second-order valence-electron chi connectivity index (χ2n) is 4.35. The summed E-state index contributed by atoms with van der Waals surface area (Å²) in [5, 5.41) is 3.34. The van der Waals surface area contributed by atoms with Crippen LogP contribution in [0.15, 0.2) is 10.6 Å². The zero-order chi connectivity index (χ0) is 10.7. The van der Waals surface area contributed by atoms with Crippen LogP contribution >= 0.6 is 0 Å². The monoisotopic (exact) mass is 209 g/mol. The average molecular weight is 209 g/mol. The third-order valence-corrected chi connectivity index (χ3v) is 2.65. The minimum atomic E-state index is 0.377. The number of rotatable bonds is 3. The number of nitrogens with zero attached hydrogens (tertiary/aromatic N) is 2. The number of hydrogen-bond acceptors (Lipinski definition) is 4. The van der Waals surface area contributed by atoms with Gasteiger partial charge in [-0.25, -0.2) is 4.98 Å². The van der Waals surface area contributed by atoms with E-state index in [9.17, 15) is 0 Å². The first-order valence-electron chi connectivity index (χ1n) is 5.63. The third kappa shape index (κ3) is 2.79. The summed E-state index contributed by atoms with van der Waals surface area (Å²) in [5.74, 6) is 2.21. The molecule has 0 spiro atoms. The van der Waals surface area contributed by atoms with Crippen molar-refractivity contribution in [2.24, 2.45) is 0 Å². The van der Waals surface area contributed by atoms with E-state index in [2.05, 4.69) is 29.0 Å². The lowest BCUT2D eigenvalue weighted by Gasteiger charge is -2.25. The average Bonchev–Trinajstić information content (AvgIpc) is 2.68. The predicted molar refractivity (Wildman–Crippen MR) is 58.7 cm³/mol. The van der Waals surface area contributed by atoms with Crippen molar-refractivity contribution in [1.29, 1.82) is 0 Å². The van der Waals surface area contributed by atoms with Crippen molar-refractivity contribution in [2.45, 2.75) is 26.3 Å². The van der Waals surface area contributed by atoms with Crippen molar-refractivity contribution in [3.05, 3.63) is 17.8 Å². The van der Waals surface area contributed by atoms with E-state index in [0.29, 0.717) is 5.92 Å². The van der Waals surface area contributed by atoms with Crippen LogP contribution in [0, 0.1) is 0 Å². The first-order chi connectivity index (χ1) is 7.25. The molecule has 1 saturated heterocycles. The van der Waals surface area contributed by atoms with Crippen LogP contribution in [0.2, 0.25) is 0 Å². The Morgan fingerprint density at radius 3 is 2.80 bits per heavy atom. The molecule has 0 amide bonds. The summed E-state index contributed by atoms with van der Waals surface area (Å²) in [5.41, 5.74) is 0. The van der Waals surface area contributed by atoms with Gasteiger partial charge in [-0.1, -0.05) is 13.8 Å². The van der Waals surface area contributed by atoms with Gasteiger partial charge in [0, 0.05) is 32.1 Å². The van der Waals surface area contributed by atoms with Crippen molar-refractivity contribution in [2.75, 3.05) is 26.2 Å². The van der Waals surface area contributed by atoms with E-state index in [1.54, 1.807) is 0 Å². The quantitative estimate of drug-likeness (QED) is 0.812. The van der Waals surface area contributed by atoms with Crippen molar-refractivity contribution in [3.63, 3.8) is 0 Å². The molecule has 1 N–H and O–H groups in total. The molecular formula is C11H19N3O. The standard InChI is InChI=1S/C11H19N3O/c1-9(2)11-13-7-10(15-11)8-14-5-3-12-4-6-14/h7,9,12H,3-6,8H2,1-2H3. The Hall–Kier alpha value is -0.870. The second kappa shape index (κ2) is 4.77. The smallest absolute Gasteiger partial charge is 0.196 e. The van der Waals surface area contributed by atoms with Crippen LogP contribution in [0.3, 0.4) is 0 Å². The maximum Gasteiger partial charge on any atom is 0.196 e. The van der Waals surface area contributed by atoms with Gasteiger partial charge in [0.2, 0.25) is 0 Å². The molecule has 0 radical (unpaired) electrons. The molecule has 84 valence electrons. The Morgan fingerprint density at radius 2 is 2.20 bits per heavy atom. The zero-order valence-electron chi connectivity index (χ0n) is 9.49. The minimum Gasteiger partial charge on any atom is -0.444 e. The normalized spacial score (nSPS) is 18.6. The molecule has 0 saturated carbocycles. The number of piperazine rings is 1. The van der Waals surface area contributed by atoms with Gasteiger partial charge in [-0.3, -0.25) is 4.90 Å². The third-order valence-electron chi connectivity index (χ3n) is 2.65. The van der Waals surface area contributed by atoms with Crippen LogP contribution in [-0.2, 0) is 6.54 Å². The maximum absolute atomic E-state index is 5.67. The van der Waals surface area contributed by atoms with Crippen LogP contribution in [0.25, 0.3) is 0 Å². The fraction of sp³-hybridized carbons (Fsp3) is 0.727. The highest BCUT2D eigenvalue weighted by molar-refractivity contribution is 4.97. The summed E-state index contributed by atoms with van der Waals surface area (Å²) in [6.07, 6.45) is 1.86. The van der Waals surface area contributed by atoms with Crippen molar-refractivity contribution >= 4 is 0 Å². The second-order valence-corrected chi connectivity index (χ2v) is 4.35. The van der Waals surface area contributed by atoms with E-state index in [1.165, 1.54) is 0 Å². The van der Waals surface area contributed by atoms with Crippen LogP contribution in [0.4, 0.5) is 0 Å². The highest BCUT2D eigenvalue weighted by Crippen LogP contribution is 2.15. The van der Waals surface area contributed by atoms with Gasteiger partial charge in [-0.15, -0.1) is 0 Å². The number of oxazole rings is 1. The molecule has 2 heterocycles. The number of nitrogens with one attached hydrogen (secondary N) is 1. The van der Waals surface area contributed by atoms with E-state index < -0.39 is 0 Å². The van der Waals surface area contributed by atoms with Crippen molar-refractivity contribution in [1.82, 2.24) is 15.2 Å². The molecule has 1 aromatic heterocycles. The predicted octanol–water partition coefficient (Wildman–Crippen LogP) is 1.20. The minimum absolute atomic E-state index is 0.377. The van der Waals surface area contributed by atoms with Gasteiger partial charge in [0.1, 0.15) is 5.76 Å². The summed E-state index contributed by atoms with van der Waals surface area (Å²) < 4.78 is 5.67. The summed E-state index contributed by atoms with van der Waals surface area (Å²) in [7, 11) is 0. The molecular weight excluding hydrogens is 190 g/mol. The molecule has 2 rings (SSSR count). The molecule has 1 aliphatic heterocycles. The van der Waals surface area contributed by atoms with Gasteiger partial charge in [0.25, 0.3) is 0 Å². The Bertz CT molecular complexity index is 303. The van der Waals surface area contributed by atoms with Gasteiger partial charge >= 0.3 is 0 Å². The Kier molecular flexibility index (Phi) is 3.38. The lowest BCUT2D eigenvalue weighted by Crippen LogP contribution is -2.42. The number of hydrogen-bond donors (Lipinski definition) is 1. The summed E-state index contributed by atoms with van der Waals surface area (Å²) in [4.78, 5) is 6.66. The summed E-state index contributed by atoms with van der Waals surface area (Å²) >= 11 is 0. The van der Waals surface area contributed by atoms with Gasteiger partial charge in [0.05, 0.1) is 12.7 Å². The Balaban J connectivity index is 1.91. The molecule has 0 bridgehead atoms. The van der Waals surface area contributed by atoms with Crippen LogP contribution in [0.5, 0.6) is 0 Å². The fourth-order valence-corrected chi connectivity index (χ4v) is 1.75.